The second-order valence-corrected chi connectivity index (χ2v) is 15.3. The Morgan fingerprint density at radius 3 is 2.19 bits per heavy atom. The van der Waals surface area contributed by atoms with Crippen molar-refractivity contribution in [1.29, 1.82) is 0 Å². The molecule has 11 nitrogen and oxygen atoms in total. The van der Waals surface area contributed by atoms with E-state index in [1.165, 1.54) is 0 Å². The minimum Gasteiger partial charge on any atom is -0.466 e. The number of urea groups is 1. The Morgan fingerprint density at radius 1 is 0.755 bits per heavy atom. The number of rotatable bonds is 13. The van der Waals surface area contributed by atoms with Gasteiger partial charge in [-0.3, -0.25) is 4.79 Å². The number of hydrogen-bond acceptors (Lipinski definition) is 10. The van der Waals surface area contributed by atoms with Gasteiger partial charge >= 0.3 is 12.0 Å². The van der Waals surface area contributed by atoms with Crippen LogP contribution < -0.4 is 21.3 Å². The molecule has 270 valence electrons. The largest absolute Gasteiger partial charge is 0.466 e. The Morgan fingerprint density at radius 2 is 1.42 bits per heavy atom. The Balaban J connectivity index is 0.865. The average molecular weight is 727 g/mol. The minimum absolute atomic E-state index is 0.0630. The van der Waals surface area contributed by atoms with Crippen molar-refractivity contribution in [1.82, 2.24) is 10.6 Å². The lowest BCUT2D eigenvalue weighted by molar-refractivity contribution is -0.143. The first-order valence-corrected chi connectivity index (χ1v) is 19.3. The standard InChI is InChI=1S/C41H42N8O3S/c1-41(23-10-24-52-37(50)18-8-7-17-36-39-35(25-53-36)42-40(51)43-39)44-33-16-9-15-29-32(21-22-34(45-41)38(29)33)49-48-31-20-19-30(27-13-5-6-14-28(27)31)47-46-26-11-3-2-4-12-26/h2-6,9,11-16,19-22,35-36,39,44-45H,7-8,10,17-18,23-25H2,1H3,(H2,42,43,51)/b47-46+,49-48?/t35-,36-,39-,41?/m1/s1. The van der Waals surface area contributed by atoms with Gasteiger partial charge < -0.3 is 26.0 Å². The maximum atomic E-state index is 12.5. The summed E-state index contributed by atoms with van der Waals surface area (Å²) in [7, 11) is 0. The molecule has 2 saturated heterocycles. The lowest BCUT2D eigenvalue weighted by atomic mass is 9.96. The number of carbonyl (C=O) groups is 2. The highest BCUT2D eigenvalue weighted by atomic mass is 32.2. The van der Waals surface area contributed by atoms with Gasteiger partial charge in [0.05, 0.1) is 41.4 Å². The summed E-state index contributed by atoms with van der Waals surface area (Å²) in [4.78, 5) is 24.1. The molecular formula is C41H42N8O3S. The van der Waals surface area contributed by atoms with Gasteiger partial charge in [0, 0.05) is 50.3 Å². The minimum atomic E-state index is -0.420. The molecule has 0 aliphatic carbocycles. The third-order valence-corrected chi connectivity index (χ3v) is 11.7. The summed E-state index contributed by atoms with van der Waals surface area (Å²) in [5, 5.41) is 36.2. The summed E-state index contributed by atoms with van der Waals surface area (Å²) in [6.45, 7) is 2.51. The second kappa shape index (κ2) is 15.2. The fourth-order valence-corrected chi connectivity index (χ4v) is 9.08. The van der Waals surface area contributed by atoms with Crippen molar-refractivity contribution in [2.45, 2.75) is 68.4 Å². The summed E-state index contributed by atoms with van der Waals surface area (Å²) in [5.41, 5.74) is 4.71. The number of carbonyl (C=O) groups excluding carboxylic acids is 2. The molecular weight excluding hydrogens is 685 g/mol. The maximum absolute atomic E-state index is 12.5. The Labute approximate surface area is 312 Å². The summed E-state index contributed by atoms with van der Waals surface area (Å²) in [5.74, 6) is 0.799. The highest BCUT2D eigenvalue weighted by Crippen LogP contribution is 2.43. The van der Waals surface area contributed by atoms with E-state index >= 15 is 0 Å². The molecule has 1 unspecified atom stereocenters. The van der Waals surface area contributed by atoms with Crippen LogP contribution in [0.15, 0.2) is 118 Å². The number of nitrogens with one attached hydrogen (secondary N) is 4. The summed E-state index contributed by atoms with van der Waals surface area (Å²) < 4.78 is 5.60. The molecule has 3 aliphatic rings. The van der Waals surface area contributed by atoms with Crippen LogP contribution in [0.2, 0.25) is 0 Å². The van der Waals surface area contributed by atoms with E-state index in [1.54, 1.807) is 0 Å². The fraction of sp³-hybridized carbons (Fsp3) is 0.317. The highest BCUT2D eigenvalue weighted by molar-refractivity contribution is 8.00. The van der Waals surface area contributed by atoms with E-state index in [0.29, 0.717) is 24.7 Å². The first-order valence-electron chi connectivity index (χ1n) is 18.3. The first-order chi connectivity index (χ1) is 25.9. The van der Waals surface area contributed by atoms with Gasteiger partial charge in [-0.15, -0.1) is 15.3 Å². The predicted octanol–water partition coefficient (Wildman–Crippen LogP) is 10.4. The molecule has 0 saturated carbocycles. The average Bonchev–Trinajstić information content (AvgIpc) is 3.73. The number of anilines is 2. The Hall–Kier alpha value is -5.49. The van der Waals surface area contributed by atoms with Gasteiger partial charge in [-0.2, -0.15) is 16.9 Å². The van der Waals surface area contributed by atoms with E-state index in [2.05, 4.69) is 56.6 Å². The molecule has 53 heavy (non-hydrogen) atoms. The van der Waals surface area contributed by atoms with Crippen molar-refractivity contribution in [3.63, 3.8) is 0 Å². The fourth-order valence-electron chi connectivity index (χ4n) is 7.53. The van der Waals surface area contributed by atoms with Crippen LogP contribution in [0.1, 0.15) is 45.4 Å². The van der Waals surface area contributed by atoms with Crippen LogP contribution in [0.25, 0.3) is 21.5 Å². The molecule has 8 rings (SSSR count). The number of thioether (sulfide) groups is 1. The third kappa shape index (κ3) is 7.68. The molecule has 3 aliphatic heterocycles. The zero-order valence-electron chi connectivity index (χ0n) is 29.5. The summed E-state index contributed by atoms with van der Waals surface area (Å²) in [6, 6.07) is 32.2. The molecule has 0 aromatic heterocycles. The molecule has 4 N–H and O–H groups in total. The number of benzene rings is 5. The Kier molecular flexibility index (Phi) is 9.94. The van der Waals surface area contributed by atoms with Crippen LogP contribution in [0, 0.1) is 0 Å². The monoisotopic (exact) mass is 726 g/mol. The summed E-state index contributed by atoms with van der Waals surface area (Å²) >= 11 is 1.90. The molecule has 0 radical (unpaired) electrons. The quantitative estimate of drug-likeness (QED) is 0.0412. The van der Waals surface area contributed by atoms with Gasteiger partial charge in [0.25, 0.3) is 0 Å². The van der Waals surface area contributed by atoms with Crippen LogP contribution in [0.5, 0.6) is 0 Å². The van der Waals surface area contributed by atoms with E-state index in [4.69, 9.17) is 15.0 Å². The van der Waals surface area contributed by atoms with E-state index < -0.39 is 5.66 Å². The van der Waals surface area contributed by atoms with Gasteiger partial charge in [-0.05, 0) is 75.1 Å². The maximum Gasteiger partial charge on any atom is 0.315 e. The molecule has 5 aromatic rings. The number of nitrogens with zero attached hydrogens (tertiary/aromatic N) is 4. The number of hydrogen-bond donors (Lipinski definition) is 4. The van der Waals surface area contributed by atoms with E-state index in [0.717, 1.165) is 87.1 Å². The molecule has 3 heterocycles. The number of esters is 1. The molecule has 2 amide bonds. The number of fused-ring (bicyclic) bond motifs is 2. The lowest BCUT2D eigenvalue weighted by Crippen LogP contribution is -2.45. The van der Waals surface area contributed by atoms with Crippen LogP contribution in [-0.2, 0) is 9.53 Å². The van der Waals surface area contributed by atoms with Crippen molar-refractivity contribution < 1.29 is 14.3 Å². The molecule has 12 heteroatoms. The van der Waals surface area contributed by atoms with E-state index in [9.17, 15) is 9.59 Å². The normalized spacial score (nSPS) is 21.8. The molecule has 0 bridgehead atoms. The van der Waals surface area contributed by atoms with Gasteiger partial charge in [0.15, 0.2) is 0 Å². The number of unbranched alkanes of at least 4 members (excludes halogenated alkanes) is 1. The van der Waals surface area contributed by atoms with Crippen molar-refractivity contribution in [2.75, 3.05) is 23.0 Å². The topological polar surface area (TPSA) is 141 Å². The smallest absolute Gasteiger partial charge is 0.315 e. The van der Waals surface area contributed by atoms with Crippen LogP contribution >= 0.6 is 11.8 Å². The van der Waals surface area contributed by atoms with Crippen molar-refractivity contribution in [3.8, 4) is 0 Å². The van der Waals surface area contributed by atoms with Crippen molar-refractivity contribution >= 4 is 79.4 Å². The third-order valence-electron chi connectivity index (χ3n) is 10.2. The van der Waals surface area contributed by atoms with E-state index in [-0.39, 0.29) is 24.1 Å². The number of amides is 2. The molecule has 2 fully saturated rings. The molecule has 5 aromatic carbocycles. The van der Waals surface area contributed by atoms with Gasteiger partial charge in [-0.1, -0.05) is 61.0 Å². The Bertz CT molecular complexity index is 2200. The molecule has 4 atom stereocenters. The first kappa shape index (κ1) is 34.6. The van der Waals surface area contributed by atoms with Gasteiger partial charge in [0.1, 0.15) is 5.66 Å². The zero-order chi connectivity index (χ0) is 36.2. The van der Waals surface area contributed by atoms with Crippen molar-refractivity contribution in [2.24, 2.45) is 20.5 Å². The van der Waals surface area contributed by atoms with Crippen LogP contribution in [0.3, 0.4) is 0 Å². The van der Waals surface area contributed by atoms with E-state index in [1.807, 2.05) is 90.6 Å². The summed E-state index contributed by atoms with van der Waals surface area (Å²) in [6.07, 6.45) is 4.62. The lowest BCUT2D eigenvalue weighted by Gasteiger charge is -2.39. The SMILES string of the molecule is CC1(CCCOC(=O)CCCC[C@H]2SC[C@H]3NC(=O)N[C@H]32)Nc2cccc3c(N=Nc4ccc(/N=N/c5ccccc5)c5ccccc45)ccc(c23)N1. The number of azo groups is 2. The molecule has 0 spiro atoms. The van der Waals surface area contributed by atoms with Crippen molar-refractivity contribution in [3.05, 3.63) is 97.1 Å². The van der Waals surface area contributed by atoms with Crippen LogP contribution in [-0.4, -0.2) is 47.4 Å². The van der Waals surface area contributed by atoms with Gasteiger partial charge in [-0.25, -0.2) is 4.79 Å². The predicted molar refractivity (Wildman–Crippen MR) is 212 cm³/mol. The zero-order valence-corrected chi connectivity index (χ0v) is 30.4. The van der Waals surface area contributed by atoms with Gasteiger partial charge in [0.2, 0.25) is 0 Å². The second-order valence-electron chi connectivity index (χ2n) is 14.0. The number of ether oxygens (including phenoxy) is 1. The highest BCUT2D eigenvalue weighted by Gasteiger charge is 2.42. The van der Waals surface area contributed by atoms with Crippen LogP contribution in [0.4, 0.5) is 38.9 Å².